The second-order valence-corrected chi connectivity index (χ2v) is 8.89. The molecule has 0 aliphatic heterocycles. The molecule has 0 bridgehead atoms. The maximum atomic E-state index is 13.0. The van der Waals surface area contributed by atoms with Crippen LogP contribution in [0.5, 0.6) is 11.5 Å². The number of carbonyl (C=O) groups is 2. The SMILES string of the molecule is Cc1ccc(O[C@H](C)CCOc2ccc(SCC(=O)O)c(C)c2)c(C(=O)c2ccccc2)c1. The van der Waals surface area contributed by atoms with Crippen LogP contribution in [0.3, 0.4) is 0 Å². The summed E-state index contributed by atoms with van der Waals surface area (Å²) in [5.41, 5.74) is 3.16. The van der Waals surface area contributed by atoms with E-state index in [1.807, 2.05) is 75.4 Å². The molecular weight excluding hydrogens is 436 g/mol. The fourth-order valence-corrected chi connectivity index (χ4v) is 4.03. The minimum absolute atomic E-state index is 0.0314. The first-order valence-corrected chi connectivity index (χ1v) is 11.8. The molecule has 172 valence electrons. The third-order valence-corrected chi connectivity index (χ3v) is 6.19. The molecule has 5 nitrogen and oxygen atoms in total. The largest absolute Gasteiger partial charge is 0.493 e. The molecule has 6 heteroatoms. The molecule has 0 aliphatic carbocycles. The first-order valence-electron chi connectivity index (χ1n) is 10.8. The third-order valence-electron chi connectivity index (χ3n) is 5.03. The van der Waals surface area contributed by atoms with E-state index in [2.05, 4.69) is 0 Å². The van der Waals surface area contributed by atoms with Gasteiger partial charge in [-0.15, -0.1) is 11.8 Å². The van der Waals surface area contributed by atoms with Gasteiger partial charge in [0.25, 0.3) is 0 Å². The Bertz CT molecular complexity index is 1110. The van der Waals surface area contributed by atoms with Crippen LogP contribution in [-0.2, 0) is 4.79 Å². The third kappa shape index (κ3) is 7.12. The van der Waals surface area contributed by atoms with Crippen molar-refractivity contribution < 1.29 is 24.2 Å². The van der Waals surface area contributed by atoms with E-state index in [1.165, 1.54) is 11.8 Å². The van der Waals surface area contributed by atoms with Crippen molar-refractivity contribution in [3.05, 3.63) is 89.0 Å². The first kappa shape index (κ1) is 24.4. The quantitative estimate of drug-likeness (QED) is 0.279. The van der Waals surface area contributed by atoms with Gasteiger partial charge in [0, 0.05) is 16.9 Å². The van der Waals surface area contributed by atoms with E-state index in [4.69, 9.17) is 14.6 Å². The summed E-state index contributed by atoms with van der Waals surface area (Å²) in [4.78, 5) is 24.7. The van der Waals surface area contributed by atoms with Gasteiger partial charge in [0.15, 0.2) is 5.78 Å². The molecule has 3 aromatic carbocycles. The average molecular weight is 465 g/mol. The van der Waals surface area contributed by atoms with Gasteiger partial charge < -0.3 is 14.6 Å². The molecule has 33 heavy (non-hydrogen) atoms. The van der Waals surface area contributed by atoms with Crippen LogP contribution in [0.4, 0.5) is 0 Å². The van der Waals surface area contributed by atoms with E-state index in [0.29, 0.717) is 29.9 Å². The summed E-state index contributed by atoms with van der Waals surface area (Å²) in [5, 5.41) is 8.84. The van der Waals surface area contributed by atoms with E-state index in [9.17, 15) is 9.59 Å². The molecule has 1 N–H and O–H groups in total. The Morgan fingerprint density at radius 1 is 1.00 bits per heavy atom. The minimum atomic E-state index is -0.837. The van der Waals surface area contributed by atoms with Crippen LogP contribution in [-0.4, -0.2) is 35.3 Å². The van der Waals surface area contributed by atoms with Crippen molar-refractivity contribution in [2.75, 3.05) is 12.4 Å². The number of ketones is 1. The van der Waals surface area contributed by atoms with Crippen molar-refractivity contribution in [3.63, 3.8) is 0 Å². The minimum Gasteiger partial charge on any atom is -0.493 e. The molecule has 0 fully saturated rings. The smallest absolute Gasteiger partial charge is 0.313 e. The summed E-state index contributed by atoms with van der Waals surface area (Å²) in [6.07, 6.45) is 0.489. The maximum Gasteiger partial charge on any atom is 0.313 e. The van der Waals surface area contributed by atoms with Crippen molar-refractivity contribution in [3.8, 4) is 11.5 Å². The number of rotatable bonds is 11. The zero-order valence-electron chi connectivity index (χ0n) is 19.0. The fourth-order valence-electron chi connectivity index (χ4n) is 3.30. The van der Waals surface area contributed by atoms with E-state index in [0.717, 1.165) is 21.8 Å². The molecule has 0 unspecified atom stereocenters. The normalized spacial score (nSPS) is 11.6. The lowest BCUT2D eigenvalue weighted by molar-refractivity contribution is -0.133. The van der Waals surface area contributed by atoms with Gasteiger partial charge >= 0.3 is 5.97 Å². The Morgan fingerprint density at radius 3 is 2.45 bits per heavy atom. The molecule has 1 atom stereocenters. The molecule has 0 amide bonds. The predicted molar refractivity (Wildman–Crippen MR) is 131 cm³/mol. The number of carboxylic acid groups (broad SMARTS) is 1. The second kappa shape index (κ2) is 11.6. The highest BCUT2D eigenvalue weighted by atomic mass is 32.2. The van der Waals surface area contributed by atoms with E-state index < -0.39 is 5.97 Å². The van der Waals surface area contributed by atoms with Crippen molar-refractivity contribution in [2.45, 2.75) is 38.2 Å². The summed E-state index contributed by atoms with van der Waals surface area (Å²) in [6, 6.07) is 20.5. The van der Waals surface area contributed by atoms with Gasteiger partial charge in [0.2, 0.25) is 0 Å². The highest BCUT2D eigenvalue weighted by Crippen LogP contribution is 2.27. The van der Waals surface area contributed by atoms with Crippen molar-refractivity contribution in [2.24, 2.45) is 0 Å². The molecule has 0 spiro atoms. The molecule has 3 rings (SSSR count). The number of carbonyl (C=O) groups excluding carboxylic acids is 1. The standard InChI is InChI=1S/C27H28O5S/c1-18-9-11-24(23(15-18)27(30)21-7-5-4-6-8-21)32-20(3)13-14-31-22-10-12-25(19(2)16-22)33-17-26(28)29/h4-12,15-16,20H,13-14,17H2,1-3H3,(H,28,29)/t20-/m1/s1. The highest BCUT2D eigenvalue weighted by Gasteiger charge is 2.17. The molecule has 0 heterocycles. The topological polar surface area (TPSA) is 72.8 Å². The van der Waals surface area contributed by atoms with Gasteiger partial charge in [-0.3, -0.25) is 9.59 Å². The number of aliphatic carboxylic acids is 1. The molecule has 0 aromatic heterocycles. The monoisotopic (exact) mass is 464 g/mol. The number of thioether (sulfide) groups is 1. The molecule has 0 saturated carbocycles. The molecule has 0 radical (unpaired) electrons. The average Bonchev–Trinajstić information content (AvgIpc) is 2.79. The van der Waals surface area contributed by atoms with E-state index in [1.54, 1.807) is 12.1 Å². The Hall–Kier alpha value is -3.25. The van der Waals surface area contributed by atoms with Crippen LogP contribution in [0, 0.1) is 13.8 Å². The molecule has 3 aromatic rings. The number of ether oxygens (including phenoxy) is 2. The number of carboxylic acids is 1. The van der Waals surface area contributed by atoms with Crippen LogP contribution >= 0.6 is 11.8 Å². The van der Waals surface area contributed by atoms with Crippen LogP contribution in [0.25, 0.3) is 0 Å². The lowest BCUT2D eigenvalue weighted by Gasteiger charge is -2.18. The van der Waals surface area contributed by atoms with Crippen LogP contribution in [0.15, 0.2) is 71.6 Å². The summed E-state index contributed by atoms with van der Waals surface area (Å²) in [7, 11) is 0. The lowest BCUT2D eigenvalue weighted by atomic mass is 10.0. The zero-order valence-corrected chi connectivity index (χ0v) is 19.9. The molecular formula is C27H28O5S. The van der Waals surface area contributed by atoms with Gasteiger partial charge in [-0.25, -0.2) is 0 Å². The second-order valence-electron chi connectivity index (χ2n) is 7.87. The van der Waals surface area contributed by atoms with Gasteiger partial charge in [-0.1, -0.05) is 42.0 Å². The number of aryl methyl sites for hydroxylation is 2. The van der Waals surface area contributed by atoms with Crippen LogP contribution < -0.4 is 9.47 Å². The van der Waals surface area contributed by atoms with Crippen molar-refractivity contribution >= 4 is 23.5 Å². The molecule has 0 aliphatic rings. The van der Waals surface area contributed by atoms with Gasteiger partial charge in [-0.2, -0.15) is 0 Å². The lowest BCUT2D eigenvalue weighted by Crippen LogP contribution is -2.17. The van der Waals surface area contributed by atoms with Gasteiger partial charge in [0.05, 0.1) is 24.0 Å². The summed E-state index contributed by atoms with van der Waals surface area (Å²) < 4.78 is 12.0. The number of hydrogen-bond acceptors (Lipinski definition) is 5. The number of benzene rings is 3. The number of hydrogen-bond donors (Lipinski definition) is 1. The molecule has 0 saturated heterocycles. The Balaban J connectivity index is 1.58. The Labute approximate surface area is 198 Å². The summed E-state index contributed by atoms with van der Waals surface area (Å²) in [5.74, 6) is 0.432. The van der Waals surface area contributed by atoms with Crippen molar-refractivity contribution in [1.82, 2.24) is 0 Å². The van der Waals surface area contributed by atoms with Crippen LogP contribution in [0.1, 0.15) is 40.4 Å². The van der Waals surface area contributed by atoms with Gasteiger partial charge in [-0.05, 0) is 56.7 Å². The first-order chi connectivity index (χ1) is 15.8. The predicted octanol–water partition coefficient (Wildman–Crippen LogP) is 5.95. The fraction of sp³-hybridized carbons (Fsp3) is 0.259. The maximum absolute atomic E-state index is 13.0. The summed E-state index contributed by atoms with van der Waals surface area (Å²) in [6.45, 7) is 6.30. The van der Waals surface area contributed by atoms with Crippen LogP contribution in [0.2, 0.25) is 0 Å². The van der Waals surface area contributed by atoms with E-state index >= 15 is 0 Å². The Morgan fingerprint density at radius 2 is 1.76 bits per heavy atom. The van der Waals surface area contributed by atoms with Gasteiger partial charge in [0.1, 0.15) is 11.5 Å². The highest BCUT2D eigenvalue weighted by molar-refractivity contribution is 8.00. The van der Waals surface area contributed by atoms with Crippen molar-refractivity contribution in [1.29, 1.82) is 0 Å². The van der Waals surface area contributed by atoms with E-state index in [-0.39, 0.29) is 17.6 Å². The summed E-state index contributed by atoms with van der Waals surface area (Å²) >= 11 is 1.29. The zero-order chi connectivity index (χ0) is 23.8. The Kier molecular flexibility index (Phi) is 8.55.